The van der Waals surface area contributed by atoms with Crippen molar-refractivity contribution in [2.45, 2.75) is 50.5 Å². The summed E-state index contributed by atoms with van der Waals surface area (Å²) >= 11 is 0. The molecule has 0 aliphatic carbocycles. The number of methoxy groups -OCH3 is 1. The van der Waals surface area contributed by atoms with E-state index in [0.717, 1.165) is 32.4 Å². The number of ether oxygens (including phenoxy) is 1. The molecule has 1 heterocycles. The number of hydrogen-bond acceptors (Lipinski definition) is 3. The maximum atomic E-state index is 10.1. The van der Waals surface area contributed by atoms with Gasteiger partial charge in [-0.25, -0.2) is 0 Å². The third-order valence-electron chi connectivity index (χ3n) is 4.39. The Balaban J connectivity index is 2.14. The average molecular weight is 291 g/mol. The van der Waals surface area contributed by atoms with Crippen LogP contribution in [0.5, 0.6) is 0 Å². The average Bonchev–Trinajstić information content (AvgIpc) is 2.53. The highest BCUT2D eigenvalue weighted by molar-refractivity contribution is 5.31. The van der Waals surface area contributed by atoms with Crippen molar-refractivity contribution >= 4 is 0 Å². The smallest absolute Gasteiger partial charge is 0.0779 e. The van der Waals surface area contributed by atoms with Gasteiger partial charge in [0, 0.05) is 7.11 Å². The topological polar surface area (TPSA) is 41.5 Å². The van der Waals surface area contributed by atoms with Crippen LogP contribution in [0, 0.1) is 0 Å². The van der Waals surface area contributed by atoms with Gasteiger partial charge in [-0.2, -0.15) is 0 Å². The molecule has 21 heavy (non-hydrogen) atoms. The molecule has 0 spiro atoms. The summed E-state index contributed by atoms with van der Waals surface area (Å²) in [5.41, 5.74) is 2.86. The normalized spacial score (nSPS) is 22.1. The van der Waals surface area contributed by atoms with Crippen LogP contribution in [0.4, 0.5) is 0 Å². The molecule has 3 heteroatoms. The molecular formula is C18H29NO2. The minimum atomic E-state index is -0.365. The number of fused-ring (bicyclic) bond motifs is 1. The summed E-state index contributed by atoms with van der Waals surface area (Å²) in [6, 6.07) is 8.74. The van der Waals surface area contributed by atoms with Gasteiger partial charge in [-0.3, -0.25) is 0 Å². The van der Waals surface area contributed by atoms with E-state index in [2.05, 4.69) is 29.6 Å². The third-order valence-corrected chi connectivity index (χ3v) is 4.39. The van der Waals surface area contributed by atoms with E-state index < -0.39 is 0 Å². The molecule has 2 N–H and O–H groups in total. The molecule has 2 atom stereocenters. The predicted molar refractivity (Wildman–Crippen MR) is 86.7 cm³/mol. The summed E-state index contributed by atoms with van der Waals surface area (Å²) in [5, 5.41) is 13.7. The Morgan fingerprint density at radius 1 is 1.24 bits per heavy atom. The van der Waals surface area contributed by atoms with Gasteiger partial charge < -0.3 is 15.2 Å². The van der Waals surface area contributed by atoms with Gasteiger partial charge >= 0.3 is 0 Å². The highest BCUT2D eigenvalue weighted by atomic mass is 16.5. The fourth-order valence-corrected chi connectivity index (χ4v) is 3.31. The summed E-state index contributed by atoms with van der Waals surface area (Å²) < 4.78 is 5.09. The zero-order valence-electron chi connectivity index (χ0n) is 13.2. The van der Waals surface area contributed by atoms with Crippen LogP contribution in [0.1, 0.15) is 49.1 Å². The second-order valence-corrected chi connectivity index (χ2v) is 6.09. The molecule has 3 nitrogen and oxygen atoms in total. The Bertz CT molecular complexity index is 408. The van der Waals surface area contributed by atoms with E-state index in [0.29, 0.717) is 12.5 Å². The molecule has 2 rings (SSSR count). The molecule has 1 aliphatic heterocycles. The molecule has 1 aliphatic rings. The number of aliphatic hydroxyl groups excluding tert-OH is 1. The molecule has 0 radical (unpaired) electrons. The van der Waals surface area contributed by atoms with E-state index in [1.54, 1.807) is 7.11 Å². The van der Waals surface area contributed by atoms with Crippen molar-refractivity contribution in [2.24, 2.45) is 0 Å². The standard InChI is InChI=1S/C18H29NO2/c1-21-14-17(20)13-16-8-3-2-6-11-19-12-10-15-7-4-5-9-18(15)16/h4-5,7,9,16-17,19-20H,2-3,6,8,10-14H2,1H3/t16-,17?/m1/s1. The van der Waals surface area contributed by atoms with Crippen LogP contribution in [-0.2, 0) is 11.2 Å². The molecule has 0 aromatic heterocycles. The molecule has 1 aromatic carbocycles. The first-order valence-corrected chi connectivity index (χ1v) is 8.26. The van der Waals surface area contributed by atoms with E-state index in [1.807, 2.05) is 0 Å². The van der Waals surface area contributed by atoms with E-state index >= 15 is 0 Å². The monoisotopic (exact) mass is 291 g/mol. The Labute approximate surface area is 128 Å². The van der Waals surface area contributed by atoms with Crippen LogP contribution in [0.25, 0.3) is 0 Å². The van der Waals surface area contributed by atoms with Gasteiger partial charge in [0.1, 0.15) is 0 Å². The molecule has 118 valence electrons. The van der Waals surface area contributed by atoms with Crippen LogP contribution < -0.4 is 5.32 Å². The number of rotatable bonds is 4. The number of benzene rings is 1. The van der Waals surface area contributed by atoms with Gasteiger partial charge in [-0.1, -0.05) is 37.1 Å². The van der Waals surface area contributed by atoms with Gasteiger partial charge in [0.05, 0.1) is 12.7 Å². The molecule has 0 bridgehead atoms. The van der Waals surface area contributed by atoms with E-state index in [1.165, 1.54) is 30.4 Å². The minimum Gasteiger partial charge on any atom is -0.391 e. The summed E-state index contributed by atoms with van der Waals surface area (Å²) in [5.74, 6) is 0.449. The molecule has 0 saturated heterocycles. The largest absolute Gasteiger partial charge is 0.391 e. The molecule has 0 fully saturated rings. The van der Waals surface area contributed by atoms with Crippen molar-refractivity contribution in [1.29, 1.82) is 0 Å². The Kier molecular flexibility index (Phi) is 7.20. The lowest BCUT2D eigenvalue weighted by atomic mass is 9.85. The van der Waals surface area contributed by atoms with Gasteiger partial charge in [0.2, 0.25) is 0 Å². The molecular weight excluding hydrogens is 262 g/mol. The second kappa shape index (κ2) is 9.19. The molecule has 0 saturated carbocycles. The predicted octanol–water partition coefficient (Wildman–Crippen LogP) is 2.87. The lowest BCUT2D eigenvalue weighted by Gasteiger charge is -2.23. The first-order valence-electron chi connectivity index (χ1n) is 8.26. The van der Waals surface area contributed by atoms with Gasteiger partial charge in [0.25, 0.3) is 0 Å². The first-order chi connectivity index (χ1) is 10.3. The fraction of sp³-hybridized carbons (Fsp3) is 0.667. The molecule has 1 aromatic rings. The number of hydrogen-bond donors (Lipinski definition) is 2. The third kappa shape index (κ3) is 5.42. The van der Waals surface area contributed by atoms with E-state index in [4.69, 9.17) is 4.74 Å². The summed E-state index contributed by atoms with van der Waals surface area (Å²) in [4.78, 5) is 0. The second-order valence-electron chi connectivity index (χ2n) is 6.09. The van der Waals surface area contributed by atoms with Crippen molar-refractivity contribution in [1.82, 2.24) is 5.32 Å². The van der Waals surface area contributed by atoms with Gasteiger partial charge in [0.15, 0.2) is 0 Å². The Hall–Kier alpha value is -0.900. The Morgan fingerprint density at radius 2 is 2.10 bits per heavy atom. The first kappa shape index (κ1) is 16.5. The zero-order valence-corrected chi connectivity index (χ0v) is 13.2. The van der Waals surface area contributed by atoms with Crippen molar-refractivity contribution in [2.75, 3.05) is 26.8 Å². The highest BCUT2D eigenvalue weighted by Crippen LogP contribution is 2.30. The van der Waals surface area contributed by atoms with Crippen molar-refractivity contribution < 1.29 is 9.84 Å². The summed E-state index contributed by atoms with van der Waals surface area (Å²) in [7, 11) is 1.65. The van der Waals surface area contributed by atoms with Gasteiger partial charge in [-0.15, -0.1) is 0 Å². The highest BCUT2D eigenvalue weighted by Gasteiger charge is 2.19. The van der Waals surface area contributed by atoms with Crippen LogP contribution in [0.2, 0.25) is 0 Å². The van der Waals surface area contributed by atoms with Crippen LogP contribution >= 0.6 is 0 Å². The minimum absolute atomic E-state index is 0.365. The van der Waals surface area contributed by atoms with Crippen molar-refractivity contribution in [3.63, 3.8) is 0 Å². The number of aliphatic hydroxyl groups is 1. The summed E-state index contributed by atoms with van der Waals surface area (Å²) in [6.07, 6.45) is 6.44. The van der Waals surface area contributed by atoms with Crippen LogP contribution in [0.15, 0.2) is 24.3 Å². The van der Waals surface area contributed by atoms with Crippen molar-refractivity contribution in [3.05, 3.63) is 35.4 Å². The van der Waals surface area contributed by atoms with E-state index in [9.17, 15) is 5.11 Å². The fourth-order valence-electron chi connectivity index (χ4n) is 3.31. The zero-order chi connectivity index (χ0) is 14.9. The SMILES string of the molecule is COCC(O)C[C@H]1CCCCCNCCc2ccccc21. The quantitative estimate of drug-likeness (QED) is 0.896. The maximum Gasteiger partial charge on any atom is 0.0779 e. The van der Waals surface area contributed by atoms with Gasteiger partial charge in [-0.05, 0) is 55.8 Å². The summed E-state index contributed by atoms with van der Waals surface area (Å²) in [6.45, 7) is 2.60. The van der Waals surface area contributed by atoms with Crippen molar-refractivity contribution in [3.8, 4) is 0 Å². The van der Waals surface area contributed by atoms with Crippen LogP contribution in [0.3, 0.4) is 0 Å². The lowest BCUT2D eigenvalue weighted by Crippen LogP contribution is -2.20. The van der Waals surface area contributed by atoms with E-state index in [-0.39, 0.29) is 6.10 Å². The van der Waals surface area contributed by atoms with Crippen LogP contribution in [-0.4, -0.2) is 38.0 Å². The molecule has 0 amide bonds. The maximum absolute atomic E-state index is 10.1. The number of nitrogens with one attached hydrogen (secondary N) is 1. The Morgan fingerprint density at radius 3 is 2.95 bits per heavy atom. The molecule has 1 unspecified atom stereocenters. The lowest BCUT2D eigenvalue weighted by molar-refractivity contribution is 0.0537.